The van der Waals surface area contributed by atoms with Gasteiger partial charge in [-0.15, -0.1) is 0 Å². The van der Waals surface area contributed by atoms with Crippen molar-refractivity contribution in [1.82, 2.24) is 0 Å². The average molecular weight is 342 g/mol. The van der Waals surface area contributed by atoms with Crippen molar-refractivity contribution in [3.05, 3.63) is 52.5 Å². The lowest BCUT2D eigenvalue weighted by molar-refractivity contribution is 0.474. The van der Waals surface area contributed by atoms with Gasteiger partial charge in [0.15, 0.2) is 5.75 Å². The maximum absolute atomic E-state index is 12.2. The third-order valence-corrected chi connectivity index (χ3v) is 4.53. The predicted octanol–water partition coefficient (Wildman–Crippen LogP) is 3.26. The second-order valence-electron chi connectivity index (χ2n) is 4.06. The van der Waals surface area contributed by atoms with E-state index in [0.29, 0.717) is 4.47 Å². The smallest absolute Gasteiger partial charge is 0.262 e. The normalized spacial score (nSPS) is 11.3. The zero-order valence-corrected chi connectivity index (χ0v) is 12.5. The molecule has 0 heterocycles. The summed E-state index contributed by atoms with van der Waals surface area (Å²) in [5.41, 5.74) is 0.984. The first-order valence-electron chi connectivity index (χ1n) is 5.47. The Morgan fingerprint density at radius 1 is 1.16 bits per heavy atom. The Balaban J connectivity index is 2.39. The number of phenols is 1. The summed E-state index contributed by atoms with van der Waals surface area (Å²) in [6.45, 7) is 1.82. The molecule has 0 bridgehead atoms. The minimum Gasteiger partial charge on any atom is -0.505 e. The summed E-state index contributed by atoms with van der Waals surface area (Å²) in [5.74, 6) is -0.140. The summed E-state index contributed by atoms with van der Waals surface area (Å²) in [4.78, 5) is 0.159. The highest BCUT2D eigenvalue weighted by Gasteiger charge is 2.16. The number of halogens is 1. The van der Waals surface area contributed by atoms with Gasteiger partial charge in [0.2, 0.25) is 0 Å². The maximum atomic E-state index is 12.2. The van der Waals surface area contributed by atoms with E-state index in [2.05, 4.69) is 20.7 Å². The van der Waals surface area contributed by atoms with Gasteiger partial charge < -0.3 is 5.11 Å². The summed E-state index contributed by atoms with van der Waals surface area (Å²) in [5, 5.41) is 9.79. The van der Waals surface area contributed by atoms with E-state index < -0.39 is 10.0 Å². The van der Waals surface area contributed by atoms with Crippen molar-refractivity contribution >= 4 is 31.6 Å². The summed E-state index contributed by atoms with van der Waals surface area (Å²) in [7, 11) is -3.71. The number of aryl methyl sites for hydroxylation is 1. The van der Waals surface area contributed by atoms with Crippen LogP contribution in [0.2, 0.25) is 0 Å². The zero-order valence-electron chi connectivity index (χ0n) is 10.1. The second-order valence-corrected chi connectivity index (χ2v) is 6.59. The molecule has 0 atom stereocenters. The number of nitrogens with one attached hydrogen (secondary N) is 1. The number of aromatic hydroxyl groups is 1. The van der Waals surface area contributed by atoms with Crippen LogP contribution in [0, 0.1) is 6.92 Å². The average Bonchev–Trinajstić information content (AvgIpc) is 2.35. The van der Waals surface area contributed by atoms with Crippen LogP contribution >= 0.6 is 15.9 Å². The monoisotopic (exact) mass is 341 g/mol. The van der Waals surface area contributed by atoms with E-state index in [1.54, 1.807) is 24.3 Å². The van der Waals surface area contributed by atoms with Gasteiger partial charge in [-0.1, -0.05) is 18.2 Å². The SMILES string of the molecule is Cc1cccc(S(=O)(=O)Nc2cccc(Br)c2O)c1. The second kappa shape index (κ2) is 5.22. The van der Waals surface area contributed by atoms with E-state index in [0.717, 1.165) is 5.56 Å². The van der Waals surface area contributed by atoms with Gasteiger partial charge >= 0.3 is 0 Å². The van der Waals surface area contributed by atoms with Crippen LogP contribution in [0.5, 0.6) is 5.75 Å². The molecule has 0 aliphatic heterocycles. The Morgan fingerprint density at radius 3 is 2.53 bits per heavy atom. The van der Waals surface area contributed by atoms with Crippen LogP contribution in [0.25, 0.3) is 0 Å². The van der Waals surface area contributed by atoms with Crippen LogP contribution in [0.3, 0.4) is 0 Å². The fraction of sp³-hybridized carbons (Fsp3) is 0.0769. The molecule has 0 radical (unpaired) electrons. The molecule has 0 fully saturated rings. The molecule has 2 aromatic carbocycles. The molecule has 0 saturated carbocycles. The minimum atomic E-state index is -3.71. The summed E-state index contributed by atoms with van der Waals surface area (Å²) in [6.07, 6.45) is 0. The van der Waals surface area contributed by atoms with Gasteiger partial charge in [-0.2, -0.15) is 0 Å². The molecule has 0 amide bonds. The standard InChI is InChI=1S/C13H12BrNO3S/c1-9-4-2-5-10(8-9)19(17,18)15-12-7-3-6-11(14)13(12)16/h2-8,15-16H,1H3. The molecule has 19 heavy (non-hydrogen) atoms. The molecule has 0 aliphatic rings. The van der Waals surface area contributed by atoms with Gasteiger partial charge in [0, 0.05) is 0 Å². The number of hydrogen-bond donors (Lipinski definition) is 2. The Kier molecular flexibility index (Phi) is 3.82. The largest absolute Gasteiger partial charge is 0.505 e. The quantitative estimate of drug-likeness (QED) is 0.842. The molecule has 2 rings (SSSR count). The lowest BCUT2D eigenvalue weighted by Gasteiger charge is -2.10. The van der Waals surface area contributed by atoms with E-state index in [4.69, 9.17) is 0 Å². The molecule has 0 unspecified atom stereocenters. The first kappa shape index (κ1) is 13.9. The molecule has 2 aromatic rings. The summed E-state index contributed by atoms with van der Waals surface area (Å²) in [6, 6.07) is 11.3. The number of sulfonamides is 1. The number of benzene rings is 2. The van der Waals surface area contributed by atoms with Gasteiger partial charge in [0.25, 0.3) is 10.0 Å². The topological polar surface area (TPSA) is 66.4 Å². The van der Waals surface area contributed by atoms with Crippen molar-refractivity contribution in [2.45, 2.75) is 11.8 Å². The van der Waals surface area contributed by atoms with Gasteiger partial charge in [0.05, 0.1) is 15.1 Å². The van der Waals surface area contributed by atoms with Gasteiger partial charge in [0.1, 0.15) is 0 Å². The van der Waals surface area contributed by atoms with E-state index in [1.165, 1.54) is 12.1 Å². The molecular formula is C13H12BrNO3S. The third kappa shape index (κ3) is 3.08. The highest BCUT2D eigenvalue weighted by Crippen LogP contribution is 2.32. The van der Waals surface area contributed by atoms with Gasteiger partial charge in [-0.25, -0.2) is 8.42 Å². The van der Waals surface area contributed by atoms with Crippen molar-refractivity contribution in [3.8, 4) is 5.75 Å². The summed E-state index contributed by atoms with van der Waals surface area (Å²) < 4.78 is 27.2. The van der Waals surface area contributed by atoms with Crippen LogP contribution in [0.15, 0.2) is 51.8 Å². The van der Waals surface area contributed by atoms with E-state index >= 15 is 0 Å². The molecule has 0 aliphatic carbocycles. The Hall–Kier alpha value is -1.53. The van der Waals surface area contributed by atoms with Crippen molar-refractivity contribution in [2.24, 2.45) is 0 Å². The first-order valence-corrected chi connectivity index (χ1v) is 7.75. The van der Waals surface area contributed by atoms with E-state index in [-0.39, 0.29) is 16.3 Å². The Bertz CT molecular complexity index is 714. The molecule has 0 saturated heterocycles. The van der Waals surface area contributed by atoms with Crippen molar-refractivity contribution in [2.75, 3.05) is 4.72 Å². The fourth-order valence-corrected chi connectivity index (χ4v) is 3.12. The molecule has 0 aromatic heterocycles. The van der Waals surface area contributed by atoms with E-state index in [1.807, 2.05) is 13.0 Å². The molecule has 4 nitrogen and oxygen atoms in total. The lowest BCUT2D eigenvalue weighted by Crippen LogP contribution is -2.13. The fourth-order valence-electron chi connectivity index (χ4n) is 1.58. The Labute approximate surface area is 120 Å². The number of para-hydroxylation sites is 1. The van der Waals surface area contributed by atoms with Crippen molar-refractivity contribution in [3.63, 3.8) is 0 Å². The van der Waals surface area contributed by atoms with Gasteiger partial charge in [-0.05, 0) is 52.7 Å². The Morgan fingerprint density at radius 2 is 1.84 bits per heavy atom. The van der Waals surface area contributed by atoms with Crippen LogP contribution in [-0.2, 0) is 10.0 Å². The highest BCUT2D eigenvalue weighted by molar-refractivity contribution is 9.10. The molecular weight excluding hydrogens is 330 g/mol. The molecule has 0 spiro atoms. The lowest BCUT2D eigenvalue weighted by atomic mass is 10.2. The summed E-state index contributed by atoms with van der Waals surface area (Å²) >= 11 is 3.14. The maximum Gasteiger partial charge on any atom is 0.262 e. The third-order valence-electron chi connectivity index (χ3n) is 2.53. The van der Waals surface area contributed by atoms with E-state index in [9.17, 15) is 13.5 Å². The number of anilines is 1. The van der Waals surface area contributed by atoms with Gasteiger partial charge in [-0.3, -0.25) is 4.72 Å². The van der Waals surface area contributed by atoms with Crippen LogP contribution in [0.4, 0.5) is 5.69 Å². The molecule has 100 valence electrons. The highest BCUT2D eigenvalue weighted by atomic mass is 79.9. The van der Waals surface area contributed by atoms with Crippen LogP contribution < -0.4 is 4.72 Å². The molecule has 2 N–H and O–H groups in total. The minimum absolute atomic E-state index is 0.135. The zero-order chi connectivity index (χ0) is 14.0. The van der Waals surface area contributed by atoms with Crippen molar-refractivity contribution < 1.29 is 13.5 Å². The predicted molar refractivity (Wildman–Crippen MR) is 77.8 cm³/mol. The van der Waals surface area contributed by atoms with Crippen LogP contribution in [0.1, 0.15) is 5.56 Å². The number of rotatable bonds is 3. The number of hydrogen-bond acceptors (Lipinski definition) is 3. The van der Waals surface area contributed by atoms with Crippen LogP contribution in [-0.4, -0.2) is 13.5 Å². The number of phenolic OH excluding ortho intramolecular Hbond substituents is 1. The first-order chi connectivity index (χ1) is 8.90. The molecule has 6 heteroatoms. The van der Waals surface area contributed by atoms with Crippen molar-refractivity contribution in [1.29, 1.82) is 0 Å².